The minimum Gasteiger partial charge on any atom is -0.323 e. The molecule has 2 rings (SSSR count). The summed E-state index contributed by atoms with van der Waals surface area (Å²) in [5.41, 5.74) is -1.10. The SMILES string of the molecule is CCn1cc(NC(=O)C2(C)CC2(F)F)cn1. The molecule has 1 saturated carbocycles. The number of carbonyl (C=O) groups is 1. The van der Waals surface area contributed by atoms with Gasteiger partial charge in [-0.15, -0.1) is 0 Å². The van der Waals surface area contributed by atoms with Crippen LogP contribution in [0.4, 0.5) is 14.5 Å². The van der Waals surface area contributed by atoms with Crippen LogP contribution in [0.15, 0.2) is 12.4 Å². The predicted molar refractivity (Wildman–Crippen MR) is 54.2 cm³/mol. The standard InChI is InChI=1S/C10H13F2N3O/c1-3-15-5-7(4-13-15)14-8(16)9(2)6-10(9,11)12/h4-5H,3,6H2,1-2H3,(H,14,16). The molecule has 88 valence electrons. The molecule has 6 heteroatoms. The Labute approximate surface area is 91.6 Å². The number of anilines is 1. The maximum Gasteiger partial charge on any atom is 0.263 e. The Morgan fingerprint density at radius 3 is 2.75 bits per heavy atom. The lowest BCUT2D eigenvalue weighted by molar-refractivity contribution is -0.123. The highest BCUT2D eigenvalue weighted by molar-refractivity contribution is 5.98. The Hall–Kier alpha value is -1.46. The van der Waals surface area contributed by atoms with E-state index in [0.717, 1.165) is 0 Å². The molecule has 1 aromatic rings. The van der Waals surface area contributed by atoms with Crippen LogP contribution in [0, 0.1) is 5.41 Å². The van der Waals surface area contributed by atoms with Crippen molar-refractivity contribution in [2.75, 3.05) is 5.32 Å². The highest BCUT2D eigenvalue weighted by Crippen LogP contribution is 2.60. The predicted octanol–water partition coefficient (Wildman–Crippen LogP) is 1.89. The minimum atomic E-state index is -2.88. The van der Waals surface area contributed by atoms with Gasteiger partial charge in [-0.25, -0.2) is 8.78 Å². The third-order valence-corrected chi connectivity index (χ3v) is 2.97. The van der Waals surface area contributed by atoms with Crippen molar-refractivity contribution < 1.29 is 13.6 Å². The van der Waals surface area contributed by atoms with Gasteiger partial charge in [-0.3, -0.25) is 9.48 Å². The van der Waals surface area contributed by atoms with E-state index in [1.165, 1.54) is 13.1 Å². The van der Waals surface area contributed by atoms with Gasteiger partial charge in [0.05, 0.1) is 11.9 Å². The molecule has 0 aliphatic heterocycles. The Morgan fingerprint density at radius 1 is 1.69 bits per heavy atom. The third-order valence-electron chi connectivity index (χ3n) is 2.97. The molecule has 1 aliphatic carbocycles. The summed E-state index contributed by atoms with van der Waals surface area (Å²) in [5, 5.41) is 6.39. The Kier molecular flexibility index (Phi) is 2.25. The molecule has 1 unspecified atom stereocenters. The minimum absolute atomic E-state index is 0.381. The lowest BCUT2D eigenvalue weighted by atomic mass is 10.1. The number of amides is 1. The van der Waals surface area contributed by atoms with Crippen molar-refractivity contribution in [3.8, 4) is 0 Å². The molecule has 4 nitrogen and oxygen atoms in total. The van der Waals surface area contributed by atoms with Crippen molar-refractivity contribution in [1.82, 2.24) is 9.78 Å². The molecule has 0 spiro atoms. The van der Waals surface area contributed by atoms with Crippen molar-refractivity contribution in [2.24, 2.45) is 5.41 Å². The van der Waals surface area contributed by atoms with Crippen LogP contribution < -0.4 is 5.32 Å². The lowest BCUT2D eigenvalue weighted by Crippen LogP contribution is -2.26. The van der Waals surface area contributed by atoms with E-state index < -0.39 is 17.2 Å². The smallest absolute Gasteiger partial charge is 0.263 e. The second kappa shape index (κ2) is 3.26. The molecule has 1 aromatic heterocycles. The molecule has 16 heavy (non-hydrogen) atoms. The summed E-state index contributed by atoms with van der Waals surface area (Å²) >= 11 is 0. The van der Waals surface area contributed by atoms with Gasteiger partial charge >= 0.3 is 0 Å². The zero-order valence-electron chi connectivity index (χ0n) is 9.13. The first-order valence-electron chi connectivity index (χ1n) is 5.11. The maximum absolute atomic E-state index is 12.9. The van der Waals surface area contributed by atoms with Gasteiger partial charge in [0.1, 0.15) is 5.41 Å². The Bertz CT molecular complexity index is 429. The van der Waals surface area contributed by atoms with Crippen molar-refractivity contribution in [3.05, 3.63) is 12.4 Å². The number of rotatable bonds is 3. The Balaban J connectivity index is 2.04. The summed E-state index contributed by atoms with van der Waals surface area (Å²) < 4.78 is 27.5. The molecule has 0 bridgehead atoms. The molecule has 1 fully saturated rings. The average Bonchev–Trinajstić information content (AvgIpc) is 2.62. The highest BCUT2D eigenvalue weighted by Gasteiger charge is 2.72. The second-order valence-electron chi connectivity index (χ2n) is 4.25. The van der Waals surface area contributed by atoms with Crippen LogP contribution in [0.2, 0.25) is 0 Å². The first-order valence-corrected chi connectivity index (χ1v) is 5.11. The van der Waals surface area contributed by atoms with Gasteiger partial charge in [0.2, 0.25) is 5.91 Å². The van der Waals surface area contributed by atoms with Gasteiger partial charge < -0.3 is 5.32 Å². The number of carbonyl (C=O) groups excluding carboxylic acids is 1. The highest BCUT2D eigenvalue weighted by atomic mass is 19.3. The summed E-state index contributed by atoms with van der Waals surface area (Å²) in [6.07, 6.45) is 2.68. The number of halogens is 2. The first-order chi connectivity index (χ1) is 7.39. The zero-order valence-corrected chi connectivity index (χ0v) is 9.13. The van der Waals surface area contributed by atoms with E-state index in [1.54, 1.807) is 10.9 Å². The molecule has 1 aliphatic rings. The Morgan fingerprint density at radius 2 is 2.31 bits per heavy atom. The number of aryl methyl sites for hydroxylation is 1. The third kappa shape index (κ3) is 1.58. The summed E-state index contributed by atoms with van der Waals surface area (Å²) in [6.45, 7) is 3.84. The summed E-state index contributed by atoms with van der Waals surface area (Å²) in [6, 6.07) is 0. The monoisotopic (exact) mass is 229 g/mol. The normalized spacial score (nSPS) is 26.5. The van der Waals surface area contributed by atoms with Crippen molar-refractivity contribution in [2.45, 2.75) is 32.7 Å². The second-order valence-corrected chi connectivity index (χ2v) is 4.25. The van der Waals surface area contributed by atoms with Gasteiger partial charge in [0, 0.05) is 19.2 Å². The van der Waals surface area contributed by atoms with E-state index in [1.807, 2.05) is 6.92 Å². The lowest BCUT2D eigenvalue weighted by Gasteiger charge is -2.09. The van der Waals surface area contributed by atoms with Gasteiger partial charge in [0.15, 0.2) is 0 Å². The molecule has 1 N–H and O–H groups in total. The number of alkyl halides is 2. The van der Waals surface area contributed by atoms with Crippen LogP contribution >= 0.6 is 0 Å². The molecule has 0 aromatic carbocycles. The van der Waals surface area contributed by atoms with Crippen LogP contribution in [0.3, 0.4) is 0 Å². The van der Waals surface area contributed by atoms with Crippen molar-refractivity contribution >= 4 is 11.6 Å². The van der Waals surface area contributed by atoms with Crippen LogP contribution in [0.5, 0.6) is 0 Å². The molecular formula is C10H13F2N3O. The van der Waals surface area contributed by atoms with Crippen LogP contribution in [-0.4, -0.2) is 21.6 Å². The van der Waals surface area contributed by atoms with Crippen molar-refractivity contribution in [1.29, 1.82) is 0 Å². The average molecular weight is 229 g/mol. The number of nitrogens with one attached hydrogen (secondary N) is 1. The van der Waals surface area contributed by atoms with E-state index >= 15 is 0 Å². The van der Waals surface area contributed by atoms with Crippen LogP contribution in [-0.2, 0) is 11.3 Å². The molecule has 0 radical (unpaired) electrons. The van der Waals surface area contributed by atoms with Gasteiger partial charge in [-0.2, -0.15) is 5.10 Å². The quantitative estimate of drug-likeness (QED) is 0.860. The topological polar surface area (TPSA) is 46.9 Å². The van der Waals surface area contributed by atoms with Gasteiger partial charge in [0.25, 0.3) is 5.92 Å². The fourth-order valence-electron chi connectivity index (χ4n) is 1.52. The van der Waals surface area contributed by atoms with Crippen LogP contribution in [0.1, 0.15) is 20.3 Å². The largest absolute Gasteiger partial charge is 0.323 e. The summed E-state index contributed by atoms with van der Waals surface area (Å²) in [4.78, 5) is 11.6. The summed E-state index contributed by atoms with van der Waals surface area (Å²) in [5.74, 6) is -3.52. The van der Waals surface area contributed by atoms with E-state index in [4.69, 9.17) is 0 Å². The van der Waals surface area contributed by atoms with Crippen LogP contribution in [0.25, 0.3) is 0 Å². The van der Waals surface area contributed by atoms with Gasteiger partial charge in [-0.1, -0.05) is 0 Å². The van der Waals surface area contributed by atoms with E-state index in [9.17, 15) is 13.6 Å². The maximum atomic E-state index is 12.9. The molecule has 0 saturated heterocycles. The molecule has 1 amide bonds. The zero-order chi connectivity index (χ0) is 12.0. The van der Waals surface area contributed by atoms with Crippen molar-refractivity contribution in [3.63, 3.8) is 0 Å². The first kappa shape index (κ1) is 11.0. The summed E-state index contributed by atoms with van der Waals surface area (Å²) in [7, 11) is 0. The number of hydrogen-bond donors (Lipinski definition) is 1. The number of nitrogens with zero attached hydrogens (tertiary/aromatic N) is 2. The van der Waals surface area contributed by atoms with Gasteiger partial charge in [-0.05, 0) is 13.8 Å². The fourth-order valence-corrected chi connectivity index (χ4v) is 1.52. The number of aromatic nitrogens is 2. The molecule has 1 atom stereocenters. The van der Waals surface area contributed by atoms with E-state index in [0.29, 0.717) is 12.2 Å². The molecular weight excluding hydrogens is 216 g/mol. The van der Waals surface area contributed by atoms with E-state index in [-0.39, 0.29) is 6.42 Å². The van der Waals surface area contributed by atoms with E-state index in [2.05, 4.69) is 10.4 Å². The molecule has 1 heterocycles. The number of hydrogen-bond acceptors (Lipinski definition) is 2. The fraction of sp³-hybridized carbons (Fsp3) is 0.600.